The molecule has 0 radical (unpaired) electrons. The molecule has 1 aromatic heterocycles. The number of aromatic nitrogens is 1. The van der Waals surface area contributed by atoms with Gasteiger partial charge in [-0.25, -0.2) is 9.18 Å². The van der Waals surface area contributed by atoms with E-state index in [1.54, 1.807) is 10.6 Å². The summed E-state index contributed by atoms with van der Waals surface area (Å²) in [6.45, 7) is 6.11. The highest BCUT2D eigenvalue weighted by molar-refractivity contribution is 5.93. The van der Waals surface area contributed by atoms with Crippen LogP contribution < -0.4 is 15.2 Å². The molecule has 1 fully saturated rings. The average Bonchev–Trinajstić information content (AvgIpc) is 2.80. The first-order valence-corrected chi connectivity index (χ1v) is 11.1. The van der Waals surface area contributed by atoms with Crippen molar-refractivity contribution in [1.82, 2.24) is 9.47 Å². The summed E-state index contributed by atoms with van der Waals surface area (Å²) in [5.41, 5.74) is 2.40. The highest BCUT2D eigenvalue weighted by Gasteiger charge is 2.22. The maximum atomic E-state index is 15.0. The number of benzene rings is 2. The maximum Gasteiger partial charge on any atom is 0.341 e. The largest absolute Gasteiger partial charge is 0.477 e. The molecule has 0 atom stereocenters. The van der Waals surface area contributed by atoms with Crippen molar-refractivity contribution < 1.29 is 14.3 Å². The van der Waals surface area contributed by atoms with Crippen molar-refractivity contribution in [2.75, 3.05) is 50.1 Å². The Morgan fingerprint density at radius 2 is 1.76 bits per heavy atom. The summed E-state index contributed by atoms with van der Waals surface area (Å²) >= 11 is 0. The van der Waals surface area contributed by atoms with E-state index < -0.39 is 17.2 Å². The van der Waals surface area contributed by atoms with Gasteiger partial charge in [0.15, 0.2) is 0 Å². The predicted octanol–water partition coefficient (Wildman–Crippen LogP) is 3.25. The van der Waals surface area contributed by atoms with Crippen LogP contribution in [0.25, 0.3) is 10.9 Å². The molecule has 3 aromatic rings. The van der Waals surface area contributed by atoms with Crippen LogP contribution in [0.5, 0.6) is 0 Å². The topological polar surface area (TPSA) is 69.0 Å². The lowest BCUT2D eigenvalue weighted by Crippen LogP contribution is -2.46. The Morgan fingerprint density at radius 1 is 1.09 bits per heavy atom. The molecule has 1 saturated heterocycles. The number of rotatable bonds is 6. The van der Waals surface area contributed by atoms with Gasteiger partial charge in [0.05, 0.1) is 11.2 Å². The van der Waals surface area contributed by atoms with Gasteiger partial charge in [0, 0.05) is 70.6 Å². The van der Waals surface area contributed by atoms with Crippen LogP contribution in [0.1, 0.15) is 22.8 Å². The summed E-state index contributed by atoms with van der Waals surface area (Å²) in [5.74, 6) is -1.81. The van der Waals surface area contributed by atoms with Crippen LogP contribution in [0, 0.1) is 5.82 Å². The molecule has 0 spiro atoms. The second-order valence-corrected chi connectivity index (χ2v) is 8.61. The molecule has 1 aliphatic heterocycles. The number of aromatic carboxylic acids is 1. The molecule has 0 unspecified atom stereocenters. The summed E-state index contributed by atoms with van der Waals surface area (Å²) in [6.07, 6.45) is 1.34. The summed E-state index contributed by atoms with van der Waals surface area (Å²) in [5, 5.41) is 9.41. The zero-order valence-electron chi connectivity index (χ0n) is 19.2. The number of carbonyl (C=O) groups is 1. The monoisotopic (exact) mass is 452 g/mol. The normalized spacial score (nSPS) is 14.6. The van der Waals surface area contributed by atoms with Gasteiger partial charge in [0.25, 0.3) is 0 Å². The smallest absolute Gasteiger partial charge is 0.341 e. The molecular formula is C25H29FN4O3. The molecule has 8 heteroatoms. The third kappa shape index (κ3) is 4.57. The van der Waals surface area contributed by atoms with Crippen LogP contribution in [0.4, 0.5) is 15.8 Å². The molecular weight excluding hydrogens is 423 g/mol. The molecule has 0 amide bonds. The Morgan fingerprint density at radius 3 is 2.33 bits per heavy atom. The summed E-state index contributed by atoms with van der Waals surface area (Å²) in [7, 11) is 4.04. The second kappa shape index (κ2) is 9.23. The fraction of sp³-hybridized carbons (Fsp3) is 0.360. The molecule has 33 heavy (non-hydrogen) atoms. The highest BCUT2D eigenvalue weighted by atomic mass is 19.1. The molecule has 4 rings (SSSR count). The predicted molar refractivity (Wildman–Crippen MR) is 129 cm³/mol. The lowest BCUT2D eigenvalue weighted by molar-refractivity contribution is 0.0695. The standard InChI is InChI=1S/C25H29FN4O3/c1-4-29-16-20(25(32)33)24(31)19-13-21(26)23(14-22(19)29)30-11-9-28(10-12-30)15-17-5-7-18(8-6-17)27(2)3/h5-8,13-14,16H,4,9-12,15H2,1-3H3,(H,32,33). The van der Waals surface area contributed by atoms with Crippen LogP contribution in [-0.4, -0.2) is 60.8 Å². The van der Waals surface area contributed by atoms with E-state index >= 15 is 4.39 Å². The molecule has 174 valence electrons. The minimum Gasteiger partial charge on any atom is -0.477 e. The Balaban J connectivity index is 1.53. The first-order chi connectivity index (χ1) is 15.8. The van der Waals surface area contributed by atoms with Gasteiger partial charge in [-0.05, 0) is 36.8 Å². The van der Waals surface area contributed by atoms with Crippen molar-refractivity contribution in [3.05, 3.63) is 69.8 Å². The fourth-order valence-electron chi connectivity index (χ4n) is 4.36. The molecule has 1 N–H and O–H groups in total. The molecule has 0 saturated carbocycles. The molecule has 2 aromatic carbocycles. The summed E-state index contributed by atoms with van der Waals surface area (Å²) in [4.78, 5) is 30.4. The average molecular weight is 453 g/mol. The second-order valence-electron chi connectivity index (χ2n) is 8.61. The summed E-state index contributed by atoms with van der Waals surface area (Å²) < 4.78 is 16.7. The SMILES string of the molecule is CCn1cc(C(=O)O)c(=O)c2cc(F)c(N3CCN(Cc4ccc(N(C)C)cc4)CC3)cc21. The number of carboxylic acids is 1. The maximum absolute atomic E-state index is 15.0. The number of hydrogen-bond donors (Lipinski definition) is 1. The van der Waals surface area contributed by atoms with Gasteiger partial charge >= 0.3 is 5.97 Å². The quantitative estimate of drug-likeness (QED) is 0.619. The Kier molecular flexibility index (Phi) is 6.37. The van der Waals surface area contributed by atoms with Gasteiger partial charge in [-0.2, -0.15) is 0 Å². The molecule has 0 aliphatic carbocycles. The fourth-order valence-corrected chi connectivity index (χ4v) is 4.36. The van der Waals surface area contributed by atoms with Crippen molar-refractivity contribution in [1.29, 1.82) is 0 Å². The van der Waals surface area contributed by atoms with Crippen molar-refractivity contribution in [3.63, 3.8) is 0 Å². The number of nitrogens with zero attached hydrogens (tertiary/aromatic N) is 4. The van der Waals surface area contributed by atoms with Gasteiger partial charge in [-0.1, -0.05) is 12.1 Å². The number of pyridine rings is 1. The molecule has 0 bridgehead atoms. The Labute approximate surface area is 192 Å². The third-order valence-electron chi connectivity index (χ3n) is 6.29. The summed E-state index contributed by atoms with van der Waals surface area (Å²) in [6, 6.07) is 11.4. The van der Waals surface area contributed by atoms with Crippen molar-refractivity contribution >= 4 is 28.2 Å². The zero-order valence-corrected chi connectivity index (χ0v) is 19.2. The van der Waals surface area contributed by atoms with Gasteiger partial charge in [-0.15, -0.1) is 0 Å². The van der Waals surface area contributed by atoms with Crippen molar-refractivity contribution in [2.24, 2.45) is 0 Å². The number of anilines is 2. The van der Waals surface area contributed by atoms with Crippen LogP contribution in [0.3, 0.4) is 0 Å². The zero-order chi connectivity index (χ0) is 23.7. The van der Waals surface area contributed by atoms with Crippen LogP contribution in [-0.2, 0) is 13.1 Å². The molecule has 2 heterocycles. The minimum atomic E-state index is -1.30. The van der Waals surface area contributed by atoms with E-state index in [1.165, 1.54) is 17.8 Å². The van der Waals surface area contributed by atoms with E-state index in [9.17, 15) is 14.7 Å². The van der Waals surface area contributed by atoms with Gasteiger partial charge in [0.1, 0.15) is 11.4 Å². The van der Waals surface area contributed by atoms with E-state index in [1.807, 2.05) is 25.9 Å². The van der Waals surface area contributed by atoms with Crippen LogP contribution in [0.2, 0.25) is 0 Å². The van der Waals surface area contributed by atoms with Crippen molar-refractivity contribution in [2.45, 2.75) is 20.0 Å². The van der Waals surface area contributed by atoms with Crippen LogP contribution in [0.15, 0.2) is 47.4 Å². The number of piperazine rings is 1. The number of aryl methyl sites for hydroxylation is 1. The first kappa shape index (κ1) is 22.8. The van der Waals surface area contributed by atoms with E-state index in [0.29, 0.717) is 30.8 Å². The lowest BCUT2D eigenvalue weighted by Gasteiger charge is -2.36. The Hall–Kier alpha value is -3.39. The van der Waals surface area contributed by atoms with E-state index in [2.05, 4.69) is 34.1 Å². The number of fused-ring (bicyclic) bond motifs is 1. The number of halogens is 1. The van der Waals surface area contributed by atoms with Crippen LogP contribution >= 0.6 is 0 Å². The molecule has 1 aliphatic rings. The first-order valence-electron chi connectivity index (χ1n) is 11.1. The van der Waals surface area contributed by atoms with Gasteiger partial charge in [-0.3, -0.25) is 9.69 Å². The van der Waals surface area contributed by atoms with E-state index in [0.717, 1.165) is 25.3 Å². The van der Waals surface area contributed by atoms with E-state index in [-0.39, 0.29) is 10.9 Å². The lowest BCUT2D eigenvalue weighted by atomic mass is 10.1. The highest BCUT2D eigenvalue weighted by Crippen LogP contribution is 2.27. The van der Waals surface area contributed by atoms with Gasteiger partial charge in [0.2, 0.25) is 5.43 Å². The minimum absolute atomic E-state index is 0.0952. The third-order valence-corrected chi connectivity index (χ3v) is 6.29. The number of carboxylic acid groups (broad SMARTS) is 1. The number of hydrogen-bond acceptors (Lipinski definition) is 5. The Bertz CT molecular complexity index is 1230. The molecule has 7 nitrogen and oxygen atoms in total. The van der Waals surface area contributed by atoms with Gasteiger partial charge < -0.3 is 19.5 Å². The van der Waals surface area contributed by atoms with E-state index in [4.69, 9.17) is 0 Å². The van der Waals surface area contributed by atoms with Crippen molar-refractivity contribution in [3.8, 4) is 0 Å².